The predicted octanol–water partition coefficient (Wildman–Crippen LogP) is 1.22. The Hall–Kier alpha value is -3.02. The van der Waals surface area contributed by atoms with Crippen LogP contribution in [0.5, 0.6) is 11.5 Å². The number of carboxylic acids is 1. The highest BCUT2D eigenvalue weighted by molar-refractivity contribution is 5.94. The molecular formula is C17H16NO5-. The van der Waals surface area contributed by atoms with Crippen molar-refractivity contribution >= 4 is 17.6 Å². The highest BCUT2D eigenvalue weighted by Crippen LogP contribution is 2.17. The average Bonchev–Trinajstić information content (AvgIpc) is 2.55. The van der Waals surface area contributed by atoms with Crippen LogP contribution in [0.25, 0.3) is 0 Å². The molecule has 0 spiro atoms. The summed E-state index contributed by atoms with van der Waals surface area (Å²) >= 11 is 0. The lowest BCUT2D eigenvalue weighted by Gasteiger charge is -2.15. The predicted molar refractivity (Wildman–Crippen MR) is 82.1 cm³/mol. The molecule has 0 heterocycles. The standard InChI is InChI=1S/C17H17NO5/c1-12(23-15-5-3-2-4-6-15)17(21)18-13-7-9-14(10-8-13)22-11-16(19)20/h2-10,12H,11H2,1H3,(H,18,21)(H,19,20)/p-1/t12-/m1/s1. The van der Waals surface area contributed by atoms with E-state index in [1.165, 1.54) is 0 Å². The number of rotatable bonds is 7. The second-order valence-corrected chi connectivity index (χ2v) is 4.75. The van der Waals surface area contributed by atoms with Crippen molar-refractivity contribution in [1.82, 2.24) is 0 Å². The first kappa shape index (κ1) is 16.4. The molecule has 0 fully saturated rings. The van der Waals surface area contributed by atoms with Gasteiger partial charge in [-0.05, 0) is 43.3 Å². The maximum atomic E-state index is 12.1. The van der Waals surface area contributed by atoms with Gasteiger partial charge in [-0.25, -0.2) is 0 Å². The van der Waals surface area contributed by atoms with Gasteiger partial charge in [0.2, 0.25) is 0 Å². The third-order valence-corrected chi connectivity index (χ3v) is 2.90. The van der Waals surface area contributed by atoms with Gasteiger partial charge in [0.1, 0.15) is 18.1 Å². The van der Waals surface area contributed by atoms with E-state index in [1.807, 2.05) is 18.2 Å². The Bertz CT molecular complexity index is 654. The van der Waals surface area contributed by atoms with E-state index in [-0.39, 0.29) is 5.91 Å². The van der Waals surface area contributed by atoms with Crippen molar-refractivity contribution in [2.24, 2.45) is 0 Å². The van der Waals surface area contributed by atoms with Crippen molar-refractivity contribution < 1.29 is 24.2 Å². The van der Waals surface area contributed by atoms with E-state index in [1.54, 1.807) is 43.3 Å². The number of carbonyl (C=O) groups is 2. The molecule has 6 heteroatoms. The second-order valence-electron chi connectivity index (χ2n) is 4.75. The van der Waals surface area contributed by atoms with Gasteiger partial charge in [0.15, 0.2) is 6.10 Å². The summed E-state index contributed by atoms with van der Waals surface area (Å²) < 4.78 is 10.5. The molecule has 0 unspecified atom stereocenters. The van der Waals surface area contributed by atoms with Crippen LogP contribution in [0.4, 0.5) is 5.69 Å². The van der Waals surface area contributed by atoms with Crippen LogP contribution in [-0.2, 0) is 9.59 Å². The number of aliphatic carboxylic acids is 1. The minimum Gasteiger partial charge on any atom is -0.546 e. The zero-order valence-corrected chi connectivity index (χ0v) is 12.5. The summed E-state index contributed by atoms with van der Waals surface area (Å²) in [5.74, 6) is -0.603. The molecule has 0 aliphatic carbocycles. The fraction of sp³-hybridized carbons (Fsp3) is 0.176. The van der Waals surface area contributed by atoms with Crippen molar-refractivity contribution in [1.29, 1.82) is 0 Å². The molecule has 23 heavy (non-hydrogen) atoms. The highest BCUT2D eigenvalue weighted by Gasteiger charge is 2.14. The first-order chi connectivity index (χ1) is 11.0. The van der Waals surface area contributed by atoms with Gasteiger partial charge in [0.05, 0.1) is 5.97 Å². The quantitative estimate of drug-likeness (QED) is 0.830. The molecule has 1 N–H and O–H groups in total. The van der Waals surface area contributed by atoms with Crippen LogP contribution in [0.1, 0.15) is 6.92 Å². The Balaban J connectivity index is 1.88. The molecule has 2 aromatic carbocycles. The van der Waals surface area contributed by atoms with Crippen LogP contribution in [0.2, 0.25) is 0 Å². The van der Waals surface area contributed by atoms with Crippen molar-refractivity contribution in [3.63, 3.8) is 0 Å². The number of carboxylic acid groups (broad SMARTS) is 1. The van der Waals surface area contributed by atoms with Gasteiger partial charge in [0, 0.05) is 5.69 Å². The lowest BCUT2D eigenvalue weighted by molar-refractivity contribution is -0.307. The van der Waals surface area contributed by atoms with Crippen molar-refractivity contribution in [2.45, 2.75) is 13.0 Å². The van der Waals surface area contributed by atoms with Crippen molar-refractivity contribution in [3.8, 4) is 11.5 Å². The molecule has 0 saturated heterocycles. The van der Waals surface area contributed by atoms with Crippen molar-refractivity contribution in [3.05, 3.63) is 54.6 Å². The Morgan fingerprint density at radius 1 is 1.04 bits per heavy atom. The second kappa shape index (κ2) is 7.84. The zero-order chi connectivity index (χ0) is 16.7. The summed E-state index contributed by atoms with van der Waals surface area (Å²) in [6.45, 7) is 1.13. The molecule has 1 atom stereocenters. The molecule has 1 amide bonds. The van der Waals surface area contributed by atoms with E-state index in [0.29, 0.717) is 17.2 Å². The molecule has 0 aliphatic heterocycles. The van der Waals surface area contributed by atoms with E-state index in [0.717, 1.165) is 0 Å². The van der Waals surface area contributed by atoms with Crippen LogP contribution < -0.4 is 19.9 Å². The van der Waals surface area contributed by atoms with Gasteiger partial charge >= 0.3 is 0 Å². The third kappa shape index (κ3) is 5.35. The number of hydrogen-bond donors (Lipinski definition) is 1. The van der Waals surface area contributed by atoms with Gasteiger partial charge in [0.25, 0.3) is 5.91 Å². The Morgan fingerprint density at radius 2 is 1.70 bits per heavy atom. The van der Waals surface area contributed by atoms with Gasteiger partial charge in [-0.1, -0.05) is 18.2 Å². The minimum absolute atomic E-state index is 0.294. The molecule has 0 aromatic heterocycles. The van der Waals surface area contributed by atoms with E-state index in [4.69, 9.17) is 9.47 Å². The summed E-state index contributed by atoms with van der Waals surface area (Å²) in [6.07, 6.45) is -0.661. The minimum atomic E-state index is -1.30. The van der Waals surface area contributed by atoms with Crippen LogP contribution >= 0.6 is 0 Å². The summed E-state index contributed by atoms with van der Waals surface area (Å²) in [5, 5.41) is 13.0. The van der Waals surface area contributed by atoms with E-state index >= 15 is 0 Å². The fourth-order valence-electron chi connectivity index (χ4n) is 1.78. The number of carbonyl (C=O) groups excluding carboxylic acids is 2. The molecule has 0 bridgehead atoms. The number of amides is 1. The van der Waals surface area contributed by atoms with Crippen LogP contribution in [-0.4, -0.2) is 24.6 Å². The monoisotopic (exact) mass is 314 g/mol. The van der Waals surface area contributed by atoms with Gasteiger partial charge < -0.3 is 24.7 Å². The first-order valence-corrected chi connectivity index (χ1v) is 7.00. The molecule has 2 aromatic rings. The molecule has 120 valence electrons. The smallest absolute Gasteiger partial charge is 0.265 e. The number of ether oxygens (including phenoxy) is 2. The third-order valence-electron chi connectivity index (χ3n) is 2.90. The van der Waals surface area contributed by atoms with Gasteiger partial charge in [-0.2, -0.15) is 0 Å². The van der Waals surface area contributed by atoms with Gasteiger partial charge in [-0.3, -0.25) is 4.79 Å². The lowest BCUT2D eigenvalue weighted by atomic mass is 10.2. The average molecular weight is 314 g/mol. The molecule has 0 saturated carbocycles. The number of nitrogens with one attached hydrogen (secondary N) is 1. The van der Waals surface area contributed by atoms with E-state index in [2.05, 4.69) is 5.32 Å². The summed E-state index contributed by atoms with van der Waals surface area (Å²) in [7, 11) is 0. The molecule has 0 aliphatic rings. The highest BCUT2D eigenvalue weighted by atomic mass is 16.5. The maximum absolute atomic E-state index is 12.1. The normalized spacial score (nSPS) is 11.3. The maximum Gasteiger partial charge on any atom is 0.265 e. The largest absolute Gasteiger partial charge is 0.546 e. The van der Waals surface area contributed by atoms with Gasteiger partial charge in [-0.15, -0.1) is 0 Å². The number of para-hydroxylation sites is 1. The zero-order valence-electron chi connectivity index (χ0n) is 12.5. The first-order valence-electron chi connectivity index (χ1n) is 7.00. The van der Waals surface area contributed by atoms with Crippen molar-refractivity contribution in [2.75, 3.05) is 11.9 Å². The number of hydrogen-bond acceptors (Lipinski definition) is 5. The molecule has 2 rings (SSSR count). The SMILES string of the molecule is C[C@@H](Oc1ccccc1)C(=O)Nc1ccc(OCC(=O)[O-])cc1. The summed E-state index contributed by atoms with van der Waals surface area (Å²) in [6, 6.07) is 15.4. The molecule has 0 radical (unpaired) electrons. The molecule has 6 nitrogen and oxygen atoms in total. The number of benzene rings is 2. The summed E-state index contributed by atoms with van der Waals surface area (Å²) in [5.41, 5.74) is 0.555. The Kier molecular flexibility index (Phi) is 5.57. The van der Waals surface area contributed by atoms with E-state index in [9.17, 15) is 14.7 Å². The fourth-order valence-corrected chi connectivity index (χ4v) is 1.78. The number of anilines is 1. The molecular weight excluding hydrogens is 298 g/mol. The topological polar surface area (TPSA) is 87.7 Å². The van der Waals surface area contributed by atoms with Crippen LogP contribution in [0.3, 0.4) is 0 Å². The van der Waals surface area contributed by atoms with Crippen LogP contribution in [0.15, 0.2) is 54.6 Å². The Morgan fingerprint density at radius 3 is 2.30 bits per heavy atom. The van der Waals surface area contributed by atoms with E-state index < -0.39 is 18.7 Å². The lowest BCUT2D eigenvalue weighted by Crippen LogP contribution is -2.30. The Labute approximate surface area is 133 Å². The van der Waals surface area contributed by atoms with Crippen LogP contribution in [0, 0.1) is 0 Å². The summed E-state index contributed by atoms with van der Waals surface area (Å²) in [4.78, 5) is 22.4.